The first kappa shape index (κ1) is 18.0. The van der Waals surface area contributed by atoms with Gasteiger partial charge in [0.2, 0.25) is 5.91 Å². The van der Waals surface area contributed by atoms with Gasteiger partial charge in [0.1, 0.15) is 0 Å². The molecule has 0 spiro atoms. The summed E-state index contributed by atoms with van der Waals surface area (Å²) in [4.78, 5) is 24.1. The lowest BCUT2D eigenvalue weighted by molar-refractivity contribution is -0.116. The van der Waals surface area contributed by atoms with Crippen molar-refractivity contribution < 1.29 is 9.59 Å². The minimum Gasteiger partial charge on any atom is -0.326 e. The number of anilines is 2. The van der Waals surface area contributed by atoms with Crippen molar-refractivity contribution in [2.45, 2.75) is 33.6 Å². The molecular weight excluding hydrogens is 324 g/mol. The smallest absolute Gasteiger partial charge is 0.255 e. The highest BCUT2D eigenvalue weighted by molar-refractivity contribution is 6.34. The van der Waals surface area contributed by atoms with Crippen molar-refractivity contribution in [3.63, 3.8) is 0 Å². The van der Waals surface area contributed by atoms with Crippen LogP contribution in [0.15, 0.2) is 36.4 Å². The predicted molar refractivity (Wildman–Crippen MR) is 98.9 cm³/mol. The molecule has 0 bridgehead atoms. The van der Waals surface area contributed by atoms with Gasteiger partial charge in [-0.25, -0.2) is 0 Å². The van der Waals surface area contributed by atoms with Crippen LogP contribution >= 0.6 is 11.6 Å². The number of halogens is 1. The van der Waals surface area contributed by atoms with Crippen molar-refractivity contribution in [1.82, 2.24) is 0 Å². The van der Waals surface area contributed by atoms with E-state index in [4.69, 9.17) is 11.6 Å². The van der Waals surface area contributed by atoms with Crippen molar-refractivity contribution in [3.05, 3.63) is 58.1 Å². The summed E-state index contributed by atoms with van der Waals surface area (Å²) >= 11 is 6.15. The van der Waals surface area contributed by atoms with E-state index in [2.05, 4.69) is 10.6 Å². The van der Waals surface area contributed by atoms with Gasteiger partial charge >= 0.3 is 0 Å². The molecule has 2 rings (SSSR count). The first-order valence-corrected chi connectivity index (χ1v) is 8.26. The summed E-state index contributed by atoms with van der Waals surface area (Å²) < 4.78 is 0. The number of rotatable bonds is 5. The summed E-state index contributed by atoms with van der Waals surface area (Å²) in [7, 11) is 0. The van der Waals surface area contributed by atoms with E-state index in [1.165, 1.54) is 0 Å². The van der Waals surface area contributed by atoms with Gasteiger partial charge in [-0.15, -0.1) is 0 Å². The van der Waals surface area contributed by atoms with Crippen LogP contribution in [0.2, 0.25) is 5.02 Å². The summed E-state index contributed by atoms with van der Waals surface area (Å²) in [6.07, 6.45) is 1.22. The van der Waals surface area contributed by atoms with Gasteiger partial charge in [0.25, 0.3) is 5.91 Å². The standard InChI is InChI=1S/C19H21ClN2O2/c1-4-5-18(23)21-15-8-9-16(20)17(11-15)22-19(24)14-7-6-12(2)13(3)10-14/h6-11H,4-5H2,1-3H3,(H,21,23)(H,22,24). The number of hydrogen-bond acceptors (Lipinski definition) is 2. The van der Waals surface area contributed by atoms with Gasteiger partial charge in [-0.3, -0.25) is 9.59 Å². The second-order valence-corrected chi connectivity index (χ2v) is 6.15. The number of hydrogen-bond donors (Lipinski definition) is 2. The van der Waals surface area contributed by atoms with E-state index >= 15 is 0 Å². The van der Waals surface area contributed by atoms with Crippen molar-refractivity contribution in [2.24, 2.45) is 0 Å². The van der Waals surface area contributed by atoms with Crippen LogP contribution in [0.3, 0.4) is 0 Å². The lowest BCUT2D eigenvalue weighted by atomic mass is 10.1. The topological polar surface area (TPSA) is 58.2 Å². The molecule has 2 aromatic carbocycles. The van der Waals surface area contributed by atoms with Crippen LogP contribution in [0.5, 0.6) is 0 Å². The Morgan fingerprint density at radius 3 is 2.42 bits per heavy atom. The fourth-order valence-electron chi connectivity index (χ4n) is 2.23. The molecule has 0 aromatic heterocycles. The van der Waals surface area contributed by atoms with E-state index in [0.717, 1.165) is 17.5 Å². The summed E-state index contributed by atoms with van der Waals surface area (Å²) in [5, 5.41) is 6.01. The molecule has 0 unspecified atom stereocenters. The van der Waals surface area contributed by atoms with Crippen LogP contribution in [0.1, 0.15) is 41.3 Å². The molecule has 0 aliphatic heterocycles. The monoisotopic (exact) mass is 344 g/mol. The molecule has 0 aliphatic rings. The molecule has 24 heavy (non-hydrogen) atoms. The highest BCUT2D eigenvalue weighted by Gasteiger charge is 2.11. The number of carbonyl (C=O) groups is 2. The van der Waals surface area contributed by atoms with Crippen molar-refractivity contribution in [2.75, 3.05) is 10.6 Å². The van der Waals surface area contributed by atoms with Crippen molar-refractivity contribution in [1.29, 1.82) is 0 Å². The molecule has 0 saturated heterocycles. The Hall–Kier alpha value is -2.33. The second kappa shape index (κ2) is 7.97. The van der Waals surface area contributed by atoms with Gasteiger partial charge in [0, 0.05) is 17.7 Å². The Balaban J connectivity index is 2.17. The van der Waals surface area contributed by atoms with Crippen LogP contribution in [0, 0.1) is 13.8 Å². The summed E-state index contributed by atoms with van der Waals surface area (Å²) in [5.74, 6) is -0.303. The maximum atomic E-state index is 12.4. The normalized spacial score (nSPS) is 10.3. The molecule has 4 nitrogen and oxygen atoms in total. The minimum absolute atomic E-state index is 0.0636. The summed E-state index contributed by atoms with van der Waals surface area (Å²) in [5.41, 5.74) is 3.82. The van der Waals surface area contributed by atoms with Gasteiger partial charge in [0.15, 0.2) is 0 Å². The Labute approximate surface area is 147 Å². The van der Waals surface area contributed by atoms with E-state index in [9.17, 15) is 9.59 Å². The average molecular weight is 345 g/mol. The average Bonchev–Trinajstić information content (AvgIpc) is 2.53. The van der Waals surface area contributed by atoms with Gasteiger partial charge in [0.05, 0.1) is 10.7 Å². The summed E-state index contributed by atoms with van der Waals surface area (Å²) in [6.45, 7) is 5.90. The maximum Gasteiger partial charge on any atom is 0.255 e. The Morgan fingerprint density at radius 2 is 1.75 bits per heavy atom. The Bertz CT molecular complexity index is 772. The van der Waals surface area contributed by atoms with E-state index < -0.39 is 0 Å². The van der Waals surface area contributed by atoms with Crippen LogP contribution in [0.25, 0.3) is 0 Å². The highest BCUT2D eigenvalue weighted by atomic mass is 35.5. The molecule has 2 aromatic rings. The zero-order valence-corrected chi connectivity index (χ0v) is 14.8. The zero-order chi connectivity index (χ0) is 17.7. The summed E-state index contributed by atoms with van der Waals surface area (Å²) in [6, 6.07) is 10.5. The van der Waals surface area contributed by atoms with Gasteiger partial charge in [-0.2, -0.15) is 0 Å². The van der Waals surface area contributed by atoms with E-state index in [0.29, 0.717) is 28.4 Å². The third-order valence-electron chi connectivity index (χ3n) is 3.74. The SMILES string of the molecule is CCCC(=O)Nc1ccc(Cl)c(NC(=O)c2ccc(C)c(C)c2)c1. The van der Waals surface area contributed by atoms with Gasteiger partial charge in [-0.1, -0.05) is 24.6 Å². The molecule has 0 saturated carbocycles. The highest BCUT2D eigenvalue weighted by Crippen LogP contribution is 2.26. The molecule has 126 valence electrons. The Morgan fingerprint density at radius 1 is 1.00 bits per heavy atom. The fourth-order valence-corrected chi connectivity index (χ4v) is 2.39. The van der Waals surface area contributed by atoms with Crippen LogP contribution in [-0.4, -0.2) is 11.8 Å². The molecule has 0 atom stereocenters. The zero-order valence-electron chi connectivity index (χ0n) is 14.1. The van der Waals surface area contributed by atoms with E-state index in [1.54, 1.807) is 24.3 Å². The largest absolute Gasteiger partial charge is 0.326 e. The third kappa shape index (κ3) is 4.59. The van der Waals surface area contributed by atoms with Crippen LogP contribution in [0.4, 0.5) is 11.4 Å². The molecule has 5 heteroatoms. The number of aryl methyl sites for hydroxylation is 2. The molecule has 0 radical (unpaired) electrons. The molecule has 2 amide bonds. The predicted octanol–water partition coefficient (Wildman–Crippen LogP) is 4.95. The molecule has 0 aliphatic carbocycles. The molecule has 0 heterocycles. The van der Waals surface area contributed by atoms with Crippen molar-refractivity contribution >= 4 is 34.8 Å². The van der Waals surface area contributed by atoms with Crippen LogP contribution < -0.4 is 10.6 Å². The number of nitrogens with one attached hydrogen (secondary N) is 2. The minimum atomic E-state index is -0.239. The van der Waals surface area contributed by atoms with Gasteiger partial charge in [-0.05, 0) is 61.7 Å². The number of benzene rings is 2. The van der Waals surface area contributed by atoms with Crippen LogP contribution in [-0.2, 0) is 4.79 Å². The lowest BCUT2D eigenvalue weighted by Gasteiger charge is -2.11. The number of carbonyl (C=O) groups excluding carboxylic acids is 2. The fraction of sp³-hybridized carbons (Fsp3) is 0.263. The second-order valence-electron chi connectivity index (χ2n) is 5.75. The van der Waals surface area contributed by atoms with E-state index in [1.807, 2.05) is 32.9 Å². The molecule has 2 N–H and O–H groups in total. The van der Waals surface area contributed by atoms with Gasteiger partial charge < -0.3 is 10.6 Å². The van der Waals surface area contributed by atoms with Crippen molar-refractivity contribution in [3.8, 4) is 0 Å². The first-order valence-electron chi connectivity index (χ1n) is 7.88. The first-order chi connectivity index (χ1) is 11.4. The maximum absolute atomic E-state index is 12.4. The lowest BCUT2D eigenvalue weighted by Crippen LogP contribution is -2.14. The van der Waals surface area contributed by atoms with E-state index in [-0.39, 0.29) is 11.8 Å². The molecule has 0 fully saturated rings. The third-order valence-corrected chi connectivity index (χ3v) is 4.07. The Kier molecular flexibility index (Phi) is 5.99. The molecular formula is C19H21ClN2O2. The quantitative estimate of drug-likeness (QED) is 0.806. The number of amides is 2.